The van der Waals surface area contributed by atoms with Crippen LogP contribution >= 0.6 is 0 Å². The number of amides is 3. The Morgan fingerprint density at radius 2 is 2.15 bits per heavy atom. The minimum Gasteiger partial charge on any atom is -0.340 e. The monoisotopic (exact) mass is 283 g/mol. The zero-order chi connectivity index (χ0) is 14.9. The standard InChI is InChI=1S/C12H11F2N3O3/c1-17-8(18)3-2-7(12(17)20)16-11(19)6-4-5-15-10(14)9(6)13/h4-5,7H,2-3H2,1H3,(H,16,19). The Balaban J connectivity index is 2.14. The number of halogens is 2. The summed E-state index contributed by atoms with van der Waals surface area (Å²) in [5.41, 5.74) is -0.537. The van der Waals surface area contributed by atoms with Gasteiger partial charge in [0.2, 0.25) is 11.9 Å². The van der Waals surface area contributed by atoms with Crippen LogP contribution in [0, 0.1) is 11.8 Å². The smallest absolute Gasteiger partial charge is 0.255 e. The molecule has 1 aromatic heterocycles. The zero-order valence-electron chi connectivity index (χ0n) is 10.5. The normalized spacial score (nSPS) is 19.1. The first kappa shape index (κ1) is 14.0. The van der Waals surface area contributed by atoms with Crippen molar-refractivity contribution in [1.29, 1.82) is 0 Å². The van der Waals surface area contributed by atoms with Crippen LogP contribution in [0.4, 0.5) is 8.78 Å². The van der Waals surface area contributed by atoms with Crippen LogP contribution in [0.3, 0.4) is 0 Å². The van der Waals surface area contributed by atoms with Crippen molar-refractivity contribution in [1.82, 2.24) is 15.2 Å². The Bertz CT molecular complexity index is 591. The lowest BCUT2D eigenvalue weighted by Gasteiger charge is -2.28. The summed E-state index contributed by atoms with van der Waals surface area (Å²) >= 11 is 0. The van der Waals surface area contributed by atoms with Crippen LogP contribution in [-0.4, -0.2) is 40.7 Å². The Morgan fingerprint density at radius 3 is 2.85 bits per heavy atom. The van der Waals surface area contributed by atoms with Gasteiger partial charge in [0.1, 0.15) is 6.04 Å². The van der Waals surface area contributed by atoms with Crippen molar-refractivity contribution < 1.29 is 23.2 Å². The van der Waals surface area contributed by atoms with E-state index in [4.69, 9.17) is 0 Å². The molecule has 1 aliphatic heterocycles. The summed E-state index contributed by atoms with van der Waals surface area (Å²) in [5.74, 6) is -4.62. The summed E-state index contributed by atoms with van der Waals surface area (Å²) in [6, 6.07) is 0.0800. The van der Waals surface area contributed by atoms with Gasteiger partial charge in [0.05, 0.1) is 5.56 Å². The minimum absolute atomic E-state index is 0.0976. The maximum absolute atomic E-state index is 13.4. The Morgan fingerprint density at radius 1 is 1.45 bits per heavy atom. The third-order valence-electron chi connectivity index (χ3n) is 3.05. The molecule has 3 amide bonds. The summed E-state index contributed by atoms with van der Waals surface area (Å²) in [6.45, 7) is 0. The summed E-state index contributed by atoms with van der Waals surface area (Å²) < 4.78 is 26.3. The molecule has 0 spiro atoms. The third kappa shape index (κ3) is 2.49. The van der Waals surface area contributed by atoms with Gasteiger partial charge < -0.3 is 5.32 Å². The van der Waals surface area contributed by atoms with Gasteiger partial charge in [0.25, 0.3) is 11.8 Å². The molecule has 1 N–H and O–H groups in total. The topological polar surface area (TPSA) is 79.4 Å². The highest BCUT2D eigenvalue weighted by molar-refractivity contribution is 6.03. The molecule has 0 bridgehead atoms. The molecule has 8 heteroatoms. The van der Waals surface area contributed by atoms with E-state index in [0.717, 1.165) is 17.2 Å². The van der Waals surface area contributed by atoms with Gasteiger partial charge in [-0.2, -0.15) is 4.39 Å². The van der Waals surface area contributed by atoms with Crippen LogP contribution in [-0.2, 0) is 9.59 Å². The molecule has 0 saturated carbocycles. The molecular formula is C12H11F2N3O3. The van der Waals surface area contributed by atoms with E-state index in [1.807, 2.05) is 0 Å². The lowest BCUT2D eigenvalue weighted by Crippen LogP contribution is -2.53. The largest absolute Gasteiger partial charge is 0.340 e. The highest BCUT2D eigenvalue weighted by atomic mass is 19.2. The average Bonchev–Trinajstić information content (AvgIpc) is 2.42. The van der Waals surface area contributed by atoms with Crippen LogP contribution in [0.2, 0.25) is 0 Å². The molecule has 1 unspecified atom stereocenters. The molecule has 0 radical (unpaired) electrons. The summed E-state index contributed by atoms with van der Waals surface area (Å²) in [6.07, 6.45) is 1.18. The number of nitrogens with zero attached hydrogens (tertiary/aromatic N) is 2. The van der Waals surface area contributed by atoms with Gasteiger partial charge >= 0.3 is 0 Å². The highest BCUT2D eigenvalue weighted by Crippen LogP contribution is 2.14. The van der Waals surface area contributed by atoms with Crippen molar-refractivity contribution in [2.24, 2.45) is 0 Å². The summed E-state index contributed by atoms with van der Waals surface area (Å²) in [4.78, 5) is 38.8. The highest BCUT2D eigenvalue weighted by Gasteiger charge is 2.33. The number of pyridine rings is 1. The lowest BCUT2D eigenvalue weighted by molar-refractivity contribution is -0.147. The third-order valence-corrected chi connectivity index (χ3v) is 3.05. The molecule has 1 saturated heterocycles. The Labute approximate surface area is 112 Å². The first-order valence-electron chi connectivity index (χ1n) is 5.83. The molecule has 0 aromatic carbocycles. The van der Waals surface area contributed by atoms with E-state index in [0.29, 0.717) is 0 Å². The van der Waals surface area contributed by atoms with Crippen LogP contribution in [0.1, 0.15) is 23.2 Å². The number of piperidine rings is 1. The SMILES string of the molecule is CN1C(=O)CCC(NC(=O)c2ccnc(F)c2F)C1=O. The molecule has 1 fully saturated rings. The average molecular weight is 283 g/mol. The number of aromatic nitrogens is 1. The second-order valence-electron chi connectivity index (χ2n) is 4.32. The second-order valence-corrected chi connectivity index (χ2v) is 4.32. The van der Waals surface area contributed by atoms with E-state index in [1.165, 1.54) is 7.05 Å². The van der Waals surface area contributed by atoms with E-state index in [-0.39, 0.29) is 18.7 Å². The molecule has 1 atom stereocenters. The number of likely N-dealkylation sites (N-methyl/N-ethyl adjacent to an activating group) is 1. The van der Waals surface area contributed by atoms with E-state index < -0.39 is 35.2 Å². The first-order valence-corrected chi connectivity index (χ1v) is 5.83. The maximum Gasteiger partial charge on any atom is 0.255 e. The van der Waals surface area contributed by atoms with Crippen molar-refractivity contribution in [3.63, 3.8) is 0 Å². The second kappa shape index (κ2) is 5.32. The molecule has 6 nitrogen and oxygen atoms in total. The predicted octanol–water partition coefficient (Wildman–Crippen LogP) is 0.237. The van der Waals surface area contributed by atoms with Crippen LogP contribution in [0.15, 0.2) is 12.3 Å². The summed E-state index contributed by atoms with van der Waals surface area (Å²) in [7, 11) is 1.30. The van der Waals surface area contributed by atoms with E-state index in [2.05, 4.69) is 10.3 Å². The van der Waals surface area contributed by atoms with Crippen molar-refractivity contribution in [2.75, 3.05) is 7.05 Å². The molecule has 2 heterocycles. The predicted molar refractivity (Wildman–Crippen MR) is 62.4 cm³/mol. The van der Waals surface area contributed by atoms with Gasteiger partial charge in [0, 0.05) is 19.7 Å². The van der Waals surface area contributed by atoms with Crippen LogP contribution in [0.5, 0.6) is 0 Å². The number of imide groups is 1. The fourth-order valence-electron chi connectivity index (χ4n) is 1.88. The minimum atomic E-state index is -1.39. The van der Waals surface area contributed by atoms with E-state index in [1.54, 1.807) is 0 Å². The first-order chi connectivity index (χ1) is 9.41. The van der Waals surface area contributed by atoms with Gasteiger partial charge in [-0.25, -0.2) is 9.37 Å². The lowest BCUT2D eigenvalue weighted by atomic mass is 10.0. The van der Waals surface area contributed by atoms with Crippen molar-refractivity contribution >= 4 is 17.7 Å². The van der Waals surface area contributed by atoms with E-state index in [9.17, 15) is 23.2 Å². The number of hydrogen-bond donors (Lipinski definition) is 1. The van der Waals surface area contributed by atoms with Crippen LogP contribution < -0.4 is 5.32 Å². The quantitative estimate of drug-likeness (QED) is 0.623. The van der Waals surface area contributed by atoms with Crippen molar-refractivity contribution in [3.8, 4) is 0 Å². The number of carbonyl (C=O) groups is 3. The van der Waals surface area contributed by atoms with Crippen molar-refractivity contribution in [3.05, 3.63) is 29.6 Å². The zero-order valence-corrected chi connectivity index (χ0v) is 10.5. The number of likely N-dealkylation sites (tertiary alicyclic amines) is 1. The maximum atomic E-state index is 13.4. The fourth-order valence-corrected chi connectivity index (χ4v) is 1.88. The van der Waals surface area contributed by atoms with Gasteiger partial charge in [0.15, 0.2) is 5.82 Å². The number of nitrogens with one attached hydrogen (secondary N) is 1. The van der Waals surface area contributed by atoms with Gasteiger partial charge in [-0.1, -0.05) is 0 Å². The number of hydrogen-bond acceptors (Lipinski definition) is 4. The molecule has 20 heavy (non-hydrogen) atoms. The summed E-state index contributed by atoms with van der Waals surface area (Å²) in [5, 5.41) is 2.29. The molecule has 1 aliphatic rings. The van der Waals surface area contributed by atoms with Gasteiger partial charge in [-0.3, -0.25) is 19.3 Å². The molecule has 2 rings (SSSR count). The number of rotatable bonds is 2. The Kier molecular flexibility index (Phi) is 3.73. The molecule has 0 aliphatic carbocycles. The van der Waals surface area contributed by atoms with Crippen molar-refractivity contribution in [2.45, 2.75) is 18.9 Å². The molecular weight excluding hydrogens is 272 g/mol. The van der Waals surface area contributed by atoms with Gasteiger partial charge in [-0.15, -0.1) is 0 Å². The van der Waals surface area contributed by atoms with E-state index >= 15 is 0 Å². The Hall–Kier alpha value is -2.38. The number of carbonyl (C=O) groups excluding carboxylic acids is 3. The molecule has 1 aromatic rings. The molecule has 106 valence electrons. The van der Waals surface area contributed by atoms with Gasteiger partial charge in [-0.05, 0) is 12.5 Å². The fraction of sp³-hybridized carbons (Fsp3) is 0.333. The van der Waals surface area contributed by atoms with Crippen LogP contribution in [0.25, 0.3) is 0 Å².